The van der Waals surface area contributed by atoms with Gasteiger partial charge in [-0.1, -0.05) is 0 Å². The molecule has 18 heavy (non-hydrogen) atoms. The molecule has 4 nitrogen and oxygen atoms in total. The van der Waals surface area contributed by atoms with Crippen molar-refractivity contribution in [3.63, 3.8) is 0 Å². The highest BCUT2D eigenvalue weighted by Gasteiger charge is 2.16. The van der Waals surface area contributed by atoms with Crippen LogP contribution in [0.25, 0.3) is 0 Å². The van der Waals surface area contributed by atoms with Gasteiger partial charge in [-0.2, -0.15) is 0 Å². The molecule has 0 spiro atoms. The van der Waals surface area contributed by atoms with E-state index in [2.05, 4.69) is 5.32 Å². The Labute approximate surface area is 107 Å². The van der Waals surface area contributed by atoms with Crippen molar-refractivity contribution < 1.29 is 13.9 Å². The zero-order valence-corrected chi connectivity index (χ0v) is 11.2. The van der Waals surface area contributed by atoms with Crippen LogP contribution in [-0.4, -0.2) is 38.1 Å². The number of carbonyl (C=O) groups is 1. The van der Waals surface area contributed by atoms with Gasteiger partial charge in [-0.05, 0) is 31.7 Å². The minimum atomic E-state index is -0.635. The number of nitrogens with zero attached hydrogens (tertiary/aromatic N) is 1. The highest BCUT2D eigenvalue weighted by Crippen LogP contribution is 2.18. The second-order valence-electron chi connectivity index (χ2n) is 4.32. The predicted molar refractivity (Wildman–Crippen MR) is 67.9 cm³/mol. The van der Waals surface area contributed by atoms with Crippen molar-refractivity contribution >= 4 is 5.91 Å². The number of amides is 1. The smallest absolute Gasteiger partial charge is 0.262 e. The number of hydrogen-bond donors (Lipinski definition) is 1. The van der Waals surface area contributed by atoms with E-state index in [9.17, 15) is 9.18 Å². The van der Waals surface area contributed by atoms with E-state index >= 15 is 0 Å². The van der Waals surface area contributed by atoms with E-state index in [0.717, 1.165) is 5.56 Å². The number of rotatable bonds is 5. The van der Waals surface area contributed by atoms with Gasteiger partial charge in [0.2, 0.25) is 0 Å². The molecular weight excluding hydrogens is 235 g/mol. The van der Waals surface area contributed by atoms with Gasteiger partial charge in [-0.15, -0.1) is 0 Å². The van der Waals surface area contributed by atoms with Gasteiger partial charge >= 0.3 is 0 Å². The standard InChI is InChI=1S/C13H19FN2O2/c1-9(13(17)16(3)4)18-12-6-10(8-15-2)5-11(14)7-12/h5-7,9,15H,8H2,1-4H3. The van der Waals surface area contributed by atoms with Crippen LogP contribution in [0.4, 0.5) is 4.39 Å². The van der Waals surface area contributed by atoms with Crippen molar-refractivity contribution in [1.82, 2.24) is 10.2 Å². The van der Waals surface area contributed by atoms with Gasteiger partial charge in [-0.3, -0.25) is 4.79 Å². The van der Waals surface area contributed by atoms with Gasteiger partial charge in [-0.25, -0.2) is 4.39 Å². The Bertz CT molecular complexity index is 421. The van der Waals surface area contributed by atoms with E-state index in [4.69, 9.17) is 4.74 Å². The quantitative estimate of drug-likeness (QED) is 0.863. The average molecular weight is 254 g/mol. The summed E-state index contributed by atoms with van der Waals surface area (Å²) in [6, 6.07) is 4.43. The summed E-state index contributed by atoms with van der Waals surface area (Å²) >= 11 is 0. The van der Waals surface area contributed by atoms with Crippen LogP contribution in [-0.2, 0) is 11.3 Å². The summed E-state index contributed by atoms with van der Waals surface area (Å²) in [5.74, 6) is -0.167. The summed E-state index contributed by atoms with van der Waals surface area (Å²) < 4.78 is 18.8. The van der Waals surface area contributed by atoms with Crippen molar-refractivity contribution in [3.8, 4) is 5.75 Å². The third kappa shape index (κ3) is 4.00. The Hall–Kier alpha value is -1.62. The normalized spacial score (nSPS) is 12.1. The molecule has 0 aliphatic rings. The Morgan fingerprint density at radius 3 is 2.67 bits per heavy atom. The van der Waals surface area contributed by atoms with Gasteiger partial charge in [0.25, 0.3) is 5.91 Å². The van der Waals surface area contributed by atoms with Crippen molar-refractivity contribution in [2.24, 2.45) is 0 Å². The SMILES string of the molecule is CNCc1cc(F)cc(OC(C)C(=O)N(C)C)c1. The molecule has 100 valence electrons. The maximum Gasteiger partial charge on any atom is 0.262 e. The molecule has 0 aromatic heterocycles. The second kappa shape index (κ2) is 6.35. The number of benzene rings is 1. The van der Waals surface area contributed by atoms with Gasteiger partial charge in [0, 0.05) is 26.7 Å². The van der Waals surface area contributed by atoms with E-state index in [1.54, 1.807) is 34.1 Å². The summed E-state index contributed by atoms with van der Waals surface area (Å²) in [5.41, 5.74) is 0.775. The van der Waals surface area contributed by atoms with Crippen molar-refractivity contribution in [2.45, 2.75) is 19.6 Å². The third-order valence-corrected chi connectivity index (χ3v) is 2.41. The summed E-state index contributed by atoms with van der Waals surface area (Å²) in [4.78, 5) is 13.1. The number of ether oxygens (including phenoxy) is 1. The number of nitrogens with one attached hydrogen (secondary N) is 1. The van der Waals surface area contributed by atoms with E-state index < -0.39 is 6.10 Å². The lowest BCUT2D eigenvalue weighted by atomic mass is 10.2. The third-order valence-electron chi connectivity index (χ3n) is 2.41. The first-order chi connectivity index (χ1) is 8.43. The van der Waals surface area contributed by atoms with Gasteiger partial charge in [0.15, 0.2) is 6.10 Å². The molecule has 0 heterocycles. The van der Waals surface area contributed by atoms with Crippen LogP contribution in [0.1, 0.15) is 12.5 Å². The molecule has 0 aliphatic heterocycles. The maximum absolute atomic E-state index is 13.4. The Kier molecular flexibility index (Phi) is 5.09. The zero-order chi connectivity index (χ0) is 13.7. The van der Waals surface area contributed by atoms with Crippen LogP contribution in [0.5, 0.6) is 5.75 Å². The summed E-state index contributed by atoms with van der Waals surface area (Å²) in [6.07, 6.45) is -0.635. The van der Waals surface area contributed by atoms with Crippen molar-refractivity contribution in [3.05, 3.63) is 29.6 Å². The Morgan fingerprint density at radius 1 is 1.44 bits per heavy atom. The van der Waals surface area contributed by atoms with Crippen molar-refractivity contribution in [2.75, 3.05) is 21.1 Å². The molecule has 1 aromatic rings. The van der Waals surface area contributed by atoms with Crippen LogP contribution in [0.2, 0.25) is 0 Å². The number of halogens is 1. The molecule has 0 radical (unpaired) electrons. The Balaban J connectivity index is 2.80. The molecule has 0 saturated carbocycles. The van der Waals surface area contributed by atoms with Gasteiger partial charge < -0.3 is 15.0 Å². The fourth-order valence-electron chi connectivity index (χ4n) is 1.61. The Morgan fingerprint density at radius 2 is 2.11 bits per heavy atom. The molecule has 0 fully saturated rings. The van der Waals surface area contributed by atoms with Crippen molar-refractivity contribution in [1.29, 1.82) is 0 Å². The molecule has 1 N–H and O–H groups in total. The first kappa shape index (κ1) is 14.4. The van der Waals surface area contributed by atoms with Crippen LogP contribution < -0.4 is 10.1 Å². The first-order valence-corrected chi connectivity index (χ1v) is 5.76. The monoisotopic (exact) mass is 254 g/mol. The fraction of sp³-hybridized carbons (Fsp3) is 0.462. The molecule has 5 heteroatoms. The highest BCUT2D eigenvalue weighted by atomic mass is 19.1. The van der Waals surface area contributed by atoms with Gasteiger partial charge in [0.05, 0.1) is 0 Å². The topological polar surface area (TPSA) is 41.6 Å². The number of likely N-dealkylation sites (N-methyl/N-ethyl adjacent to an activating group) is 1. The van der Waals surface area contributed by atoms with E-state index in [-0.39, 0.29) is 11.7 Å². The molecule has 1 rings (SSSR count). The molecule has 1 aromatic carbocycles. The largest absolute Gasteiger partial charge is 0.481 e. The lowest BCUT2D eigenvalue weighted by molar-refractivity contribution is -0.135. The maximum atomic E-state index is 13.4. The molecule has 0 bridgehead atoms. The fourth-order valence-corrected chi connectivity index (χ4v) is 1.61. The summed E-state index contributed by atoms with van der Waals surface area (Å²) in [6.45, 7) is 2.19. The van der Waals surface area contributed by atoms with Crippen LogP contribution in [0.15, 0.2) is 18.2 Å². The highest BCUT2D eigenvalue weighted by molar-refractivity contribution is 5.80. The van der Waals surface area contributed by atoms with Crippen LogP contribution >= 0.6 is 0 Å². The van der Waals surface area contributed by atoms with Gasteiger partial charge in [0.1, 0.15) is 11.6 Å². The summed E-state index contributed by atoms with van der Waals surface area (Å²) in [7, 11) is 5.09. The number of hydrogen-bond acceptors (Lipinski definition) is 3. The zero-order valence-electron chi connectivity index (χ0n) is 11.2. The van der Waals surface area contributed by atoms with E-state index in [1.807, 2.05) is 0 Å². The van der Waals surface area contributed by atoms with E-state index in [1.165, 1.54) is 17.0 Å². The molecule has 0 aliphatic carbocycles. The molecular formula is C13H19FN2O2. The molecule has 1 amide bonds. The lowest BCUT2D eigenvalue weighted by Crippen LogP contribution is -2.35. The lowest BCUT2D eigenvalue weighted by Gasteiger charge is -2.18. The van der Waals surface area contributed by atoms with Crippen LogP contribution in [0.3, 0.4) is 0 Å². The first-order valence-electron chi connectivity index (χ1n) is 5.76. The molecule has 1 unspecified atom stereocenters. The van der Waals surface area contributed by atoms with Crippen LogP contribution in [0, 0.1) is 5.82 Å². The van der Waals surface area contributed by atoms with E-state index in [0.29, 0.717) is 12.3 Å². The molecule has 0 saturated heterocycles. The second-order valence-corrected chi connectivity index (χ2v) is 4.32. The minimum Gasteiger partial charge on any atom is -0.481 e. The summed E-state index contributed by atoms with van der Waals surface area (Å²) in [5, 5.41) is 2.94. The number of carbonyl (C=O) groups excluding carboxylic acids is 1. The average Bonchev–Trinajstić information content (AvgIpc) is 2.27. The minimum absolute atomic E-state index is 0.158. The molecule has 1 atom stereocenters. The predicted octanol–water partition coefficient (Wildman–Crippen LogP) is 1.40.